The summed E-state index contributed by atoms with van der Waals surface area (Å²) < 4.78 is 5.36. The highest BCUT2D eigenvalue weighted by Gasteiger charge is 2.19. The van der Waals surface area contributed by atoms with Gasteiger partial charge in [-0.25, -0.2) is 15.0 Å². The third-order valence-corrected chi connectivity index (χ3v) is 3.70. The minimum atomic E-state index is 0.667. The smallest absolute Gasteiger partial charge is 0.195 e. The lowest BCUT2D eigenvalue weighted by atomic mass is 10.1. The van der Waals surface area contributed by atoms with Gasteiger partial charge in [0.2, 0.25) is 0 Å². The van der Waals surface area contributed by atoms with Gasteiger partial charge in [-0.05, 0) is 12.1 Å². The molecule has 1 N–H and O–H groups in total. The van der Waals surface area contributed by atoms with E-state index in [0.717, 1.165) is 43.2 Å². The van der Waals surface area contributed by atoms with E-state index in [1.165, 1.54) is 5.56 Å². The normalized spacial score (nSPS) is 15.0. The second-order valence-corrected chi connectivity index (χ2v) is 5.18. The summed E-state index contributed by atoms with van der Waals surface area (Å²) in [5.41, 5.74) is 3.44. The Kier molecular flexibility index (Phi) is 3.01. The van der Waals surface area contributed by atoms with Crippen molar-refractivity contribution in [1.29, 1.82) is 0 Å². The van der Waals surface area contributed by atoms with E-state index < -0.39 is 0 Å². The Morgan fingerprint density at radius 1 is 1.33 bits per heavy atom. The molecule has 4 heterocycles. The van der Waals surface area contributed by atoms with Crippen LogP contribution in [-0.4, -0.2) is 31.4 Å². The van der Waals surface area contributed by atoms with Crippen molar-refractivity contribution in [2.24, 2.45) is 0 Å². The number of H-pyrrole nitrogens is 1. The van der Waals surface area contributed by atoms with Gasteiger partial charge >= 0.3 is 0 Å². The lowest BCUT2D eigenvalue weighted by molar-refractivity contribution is 0.240. The zero-order chi connectivity index (χ0) is 14.1. The van der Waals surface area contributed by atoms with Gasteiger partial charge in [-0.3, -0.25) is 4.90 Å². The van der Waals surface area contributed by atoms with Crippen LogP contribution in [0, 0.1) is 0 Å². The molecule has 3 aromatic heterocycles. The summed E-state index contributed by atoms with van der Waals surface area (Å²) in [6.07, 6.45) is 8.07. The number of nitrogens with zero attached hydrogens (tertiary/aromatic N) is 4. The van der Waals surface area contributed by atoms with Crippen LogP contribution in [0.1, 0.15) is 17.0 Å². The molecule has 3 aromatic rings. The van der Waals surface area contributed by atoms with Crippen molar-refractivity contribution in [3.8, 4) is 11.6 Å². The Balaban J connectivity index is 1.54. The fourth-order valence-corrected chi connectivity index (χ4v) is 2.65. The van der Waals surface area contributed by atoms with Gasteiger partial charge in [-0.15, -0.1) is 0 Å². The SMILES string of the molecule is c1coc(-c2ncc3c(n2)CCN(Cc2cnc[nH]2)C3)c1. The second kappa shape index (κ2) is 5.14. The predicted octanol–water partition coefficient (Wildman–Crippen LogP) is 2.02. The molecular weight excluding hydrogens is 266 g/mol. The molecule has 0 bridgehead atoms. The van der Waals surface area contributed by atoms with Crippen molar-refractivity contribution in [3.63, 3.8) is 0 Å². The fraction of sp³-hybridized carbons (Fsp3) is 0.267. The van der Waals surface area contributed by atoms with E-state index >= 15 is 0 Å². The maximum atomic E-state index is 5.36. The standard InChI is InChI=1S/C15H15N5O/c1-2-14(21-5-1)15-17-6-11-8-20(4-3-13(11)19-15)9-12-7-16-10-18-12/h1-2,5-7,10H,3-4,8-9H2,(H,16,18). The molecule has 6 heteroatoms. The van der Waals surface area contributed by atoms with Crippen LogP contribution >= 0.6 is 0 Å². The number of imidazole rings is 1. The summed E-state index contributed by atoms with van der Waals surface area (Å²) in [6.45, 7) is 2.73. The lowest BCUT2D eigenvalue weighted by Gasteiger charge is -2.27. The van der Waals surface area contributed by atoms with Crippen LogP contribution in [0.5, 0.6) is 0 Å². The third kappa shape index (κ3) is 2.45. The Labute approximate surface area is 121 Å². The molecule has 21 heavy (non-hydrogen) atoms. The van der Waals surface area contributed by atoms with Gasteiger partial charge in [0.05, 0.1) is 18.3 Å². The van der Waals surface area contributed by atoms with Gasteiger partial charge in [0.15, 0.2) is 11.6 Å². The zero-order valence-electron chi connectivity index (χ0n) is 11.5. The molecule has 6 nitrogen and oxygen atoms in total. The van der Waals surface area contributed by atoms with Crippen molar-refractivity contribution >= 4 is 0 Å². The highest BCUT2D eigenvalue weighted by molar-refractivity contribution is 5.46. The second-order valence-electron chi connectivity index (χ2n) is 5.18. The zero-order valence-corrected chi connectivity index (χ0v) is 11.5. The van der Waals surface area contributed by atoms with Crippen LogP contribution < -0.4 is 0 Å². The Morgan fingerprint density at radius 2 is 2.33 bits per heavy atom. The molecule has 0 aliphatic carbocycles. The van der Waals surface area contributed by atoms with E-state index in [-0.39, 0.29) is 0 Å². The number of aromatic amines is 1. The van der Waals surface area contributed by atoms with Crippen LogP contribution in [0.25, 0.3) is 11.6 Å². The van der Waals surface area contributed by atoms with Crippen LogP contribution in [0.15, 0.2) is 41.5 Å². The van der Waals surface area contributed by atoms with Crippen molar-refractivity contribution in [2.45, 2.75) is 19.5 Å². The molecule has 1 aliphatic heterocycles. The molecule has 106 valence electrons. The van der Waals surface area contributed by atoms with Gasteiger partial charge in [-0.2, -0.15) is 0 Å². The van der Waals surface area contributed by atoms with Crippen molar-refractivity contribution in [3.05, 3.63) is 54.1 Å². The summed E-state index contributed by atoms with van der Waals surface area (Å²) in [4.78, 5) is 18.6. The van der Waals surface area contributed by atoms with E-state index in [2.05, 4.69) is 24.8 Å². The van der Waals surface area contributed by atoms with E-state index in [1.807, 2.05) is 24.5 Å². The van der Waals surface area contributed by atoms with E-state index in [1.54, 1.807) is 12.6 Å². The number of rotatable bonds is 3. The van der Waals surface area contributed by atoms with Crippen molar-refractivity contribution in [2.75, 3.05) is 6.54 Å². The molecule has 0 amide bonds. The number of hydrogen-bond donors (Lipinski definition) is 1. The maximum Gasteiger partial charge on any atom is 0.195 e. The Bertz CT molecular complexity index is 721. The first-order chi connectivity index (χ1) is 10.4. The average molecular weight is 281 g/mol. The number of fused-ring (bicyclic) bond motifs is 1. The minimum Gasteiger partial charge on any atom is -0.461 e. The largest absolute Gasteiger partial charge is 0.461 e. The molecule has 0 aromatic carbocycles. The molecule has 0 radical (unpaired) electrons. The lowest BCUT2D eigenvalue weighted by Crippen LogP contribution is -2.31. The molecule has 4 rings (SSSR count). The molecule has 0 spiro atoms. The quantitative estimate of drug-likeness (QED) is 0.795. The van der Waals surface area contributed by atoms with Gasteiger partial charge in [0.25, 0.3) is 0 Å². The van der Waals surface area contributed by atoms with Crippen molar-refractivity contribution < 1.29 is 4.42 Å². The van der Waals surface area contributed by atoms with Crippen LogP contribution in [0.2, 0.25) is 0 Å². The minimum absolute atomic E-state index is 0.667. The third-order valence-electron chi connectivity index (χ3n) is 3.70. The highest BCUT2D eigenvalue weighted by atomic mass is 16.3. The molecule has 0 saturated carbocycles. The summed E-state index contributed by atoms with van der Waals surface area (Å²) in [6, 6.07) is 3.74. The van der Waals surface area contributed by atoms with Gasteiger partial charge < -0.3 is 9.40 Å². The summed E-state index contributed by atoms with van der Waals surface area (Å²) >= 11 is 0. The number of furan rings is 1. The highest BCUT2D eigenvalue weighted by Crippen LogP contribution is 2.21. The Morgan fingerprint density at radius 3 is 3.14 bits per heavy atom. The maximum absolute atomic E-state index is 5.36. The van der Waals surface area contributed by atoms with E-state index in [9.17, 15) is 0 Å². The number of aromatic nitrogens is 4. The molecular formula is C15H15N5O. The summed E-state index contributed by atoms with van der Waals surface area (Å²) in [5.74, 6) is 1.39. The number of nitrogens with one attached hydrogen (secondary N) is 1. The van der Waals surface area contributed by atoms with Gasteiger partial charge in [0, 0.05) is 49.7 Å². The van der Waals surface area contributed by atoms with Crippen molar-refractivity contribution in [1.82, 2.24) is 24.8 Å². The molecule has 0 saturated heterocycles. The van der Waals surface area contributed by atoms with Gasteiger partial charge in [0.1, 0.15) is 0 Å². The predicted molar refractivity (Wildman–Crippen MR) is 76.1 cm³/mol. The molecule has 0 atom stereocenters. The first-order valence-electron chi connectivity index (χ1n) is 6.97. The fourth-order valence-electron chi connectivity index (χ4n) is 2.65. The van der Waals surface area contributed by atoms with Gasteiger partial charge in [-0.1, -0.05) is 0 Å². The van der Waals surface area contributed by atoms with Crippen LogP contribution in [0.4, 0.5) is 0 Å². The molecule has 0 unspecified atom stereocenters. The average Bonchev–Trinajstić information content (AvgIpc) is 3.20. The molecule has 0 fully saturated rings. The van der Waals surface area contributed by atoms with E-state index in [0.29, 0.717) is 5.82 Å². The van der Waals surface area contributed by atoms with Crippen LogP contribution in [-0.2, 0) is 19.5 Å². The van der Waals surface area contributed by atoms with Crippen LogP contribution in [0.3, 0.4) is 0 Å². The Hall–Kier alpha value is -2.47. The first kappa shape index (κ1) is 12.3. The molecule has 1 aliphatic rings. The summed E-state index contributed by atoms with van der Waals surface area (Å²) in [5, 5.41) is 0. The number of hydrogen-bond acceptors (Lipinski definition) is 5. The monoisotopic (exact) mass is 281 g/mol. The topological polar surface area (TPSA) is 70.8 Å². The van der Waals surface area contributed by atoms with E-state index in [4.69, 9.17) is 4.42 Å². The first-order valence-corrected chi connectivity index (χ1v) is 6.97. The summed E-state index contributed by atoms with van der Waals surface area (Å²) in [7, 11) is 0.